The molecule has 0 aromatic heterocycles. The molecule has 0 aliphatic carbocycles. The molecule has 1 fully saturated rings. The van der Waals surface area contributed by atoms with Gasteiger partial charge in [0.15, 0.2) is 0 Å². The van der Waals surface area contributed by atoms with E-state index in [1.807, 2.05) is 0 Å². The Labute approximate surface area is 121 Å². The highest BCUT2D eigenvalue weighted by atomic mass is 32.2. The summed E-state index contributed by atoms with van der Waals surface area (Å²) >= 11 is 2.10. The molecule has 0 amide bonds. The van der Waals surface area contributed by atoms with Crippen molar-refractivity contribution in [1.82, 2.24) is 5.32 Å². The van der Waals surface area contributed by atoms with Gasteiger partial charge in [-0.15, -0.1) is 0 Å². The van der Waals surface area contributed by atoms with Crippen LogP contribution in [-0.4, -0.2) is 30.3 Å². The van der Waals surface area contributed by atoms with Gasteiger partial charge in [-0.1, -0.05) is 37.3 Å². The first kappa shape index (κ1) is 14.9. The summed E-state index contributed by atoms with van der Waals surface area (Å²) in [5.74, 6) is 0. The van der Waals surface area contributed by atoms with Crippen molar-refractivity contribution in [2.45, 2.75) is 49.3 Å². The third kappa shape index (κ3) is 3.74. The second-order valence-electron chi connectivity index (χ2n) is 5.16. The molecule has 3 heteroatoms. The van der Waals surface area contributed by atoms with Gasteiger partial charge in [-0.2, -0.15) is 11.8 Å². The van der Waals surface area contributed by atoms with Gasteiger partial charge in [0.25, 0.3) is 0 Å². The average Bonchev–Trinajstić information content (AvgIpc) is 2.85. The smallest absolute Gasteiger partial charge is 0.0666 e. The van der Waals surface area contributed by atoms with Crippen molar-refractivity contribution < 1.29 is 4.74 Å². The number of hydrogen-bond donors (Lipinski definition) is 1. The lowest BCUT2D eigenvalue weighted by atomic mass is 10.0. The molecule has 2 rings (SSSR count). The summed E-state index contributed by atoms with van der Waals surface area (Å²) in [6, 6.07) is 11.2. The van der Waals surface area contributed by atoms with E-state index in [4.69, 9.17) is 4.74 Å². The topological polar surface area (TPSA) is 21.3 Å². The lowest BCUT2D eigenvalue weighted by Crippen LogP contribution is -2.30. The summed E-state index contributed by atoms with van der Waals surface area (Å²) in [6.45, 7) is 5.41. The van der Waals surface area contributed by atoms with Gasteiger partial charge in [-0.25, -0.2) is 0 Å². The lowest BCUT2D eigenvalue weighted by molar-refractivity contribution is 0.127. The minimum atomic E-state index is 0.396. The lowest BCUT2D eigenvalue weighted by Gasteiger charge is -2.29. The average molecular weight is 279 g/mol. The van der Waals surface area contributed by atoms with Crippen LogP contribution in [0.5, 0.6) is 0 Å². The number of benzene rings is 1. The Bertz CT molecular complexity index is 370. The van der Waals surface area contributed by atoms with Crippen molar-refractivity contribution in [1.29, 1.82) is 0 Å². The molecular weight excluding hydrogens is 254 g/mol. The van der Waals surface area contributed by atoms with E-state index >= 15 is 0 Å². The Morgan fingerprint density at radius 2 is 2.11 bits per heavy atom. The molecule has 1 aliphatic heterocycles. The van der Waals surface area contributed by atoms with Crippen LogP contribution >= 0.6 is 11.8 Å². The largest absolute Gasteiger partial charge is 0.377 e. The van der Waals surface area contributed by atoms with Crippen LogP contribution in [0.25, 0.3) is 0 Å². The summed E-state index contributed by atoms with van der Waals surface area (Å²) in [7, 11) is 2.06. The quantitative estimate of drug-likeness (QED) is 0.859. The van der Waals surface area contributed by atoms with Crippen molar-refractivity contribution in [2.75, 3.05) is 13.7 Å². The van der Waals surface area contributed by atoms with Crippen molar-refractivity contribution in [3.8, 4) is 0 Å². The second-order valence-corrected chi connectivity index (χ2v) is 6.65. The van der Waals surface area contributed by atoms with Gasteiger partial charge in [0.2, 0.25) is 0 Å². The predicted octanol–water partition coefficient (Wildman–Crippen LogP) is 3.64. The van der Waals surface area contributed by atoms with E-state index in [0.29, 0.717) is 22.6 Å². The molecule has 0 saturated carbocycles. The number of hydrogen-bond acceptors (Lipinski definition) is 3. The Kier molecular flexibility index (Phi) is 5.74. The molecule has 1 aromatic carbocycles. The molecule has 2 nitrogen and oxygen atoms in total. The van der Waals surface area contributed by atoms with Gasteiger partial charge >= 0.3 is 0 Å². The molecule has 1 saturated heterocycles. The normalized spacial score (nSPS) is 26.3. The van der Waals surface area contributed by atoms with Gasteiger partial charge in [-0.3, -0.25) is 0 Å². The minimum absolute atomic E-state index is 0.396. The molecule has 19 heavy (non-hydrogen) atoms. The first-order chi connectivity index (χ1) is 9.26. The molecule has 4 atom stereocenters. The minimum Gasteiger partial charge on any atom is -0.377 e. The van der Waals surface area contributed by atoms with Crippen LogP contribution in [-0.2, 0) is 4.74 Å². The van der Waals surface area contributed by atoms with Crippen LogP contribution in [0.4, 0.5) is 0 Å². The van der Waals surface area contributed by atoms with Crippen LogP contribution in [0.2, 0.25) is 0 Å². The van der Waals surface area contributed by atoms with E-state index in [0.717, 1.165) is 6.61 Å². The fraction of sp³-hybridized carbons (Fsp3) is 0.625. The zero-order valence-corrected chi connectivity index (χ0v) is 13.0. The molecular formula is C16H25NOS. The molecule has 0 radical (unpaired) electrons. The van der Waals surface area contributed by atoms with Crippen molar-refractivity contribution in [3.05, 3.63) is 35.9 Å². The number of rotatable bonds is 6. The standard InChI is InChI=1S/C16H25NOS/c1-4-14(19-15-10-11-18-12(15)2)16(17-3)13-8-6-5-7-9-13/h5-9,12,14-17H,4,10-11H2,1-3H3. The molecule has 106 valence electrons. The van der Waals surface area contributed by atoms with Gasteiger partial charge in [0.1, 0.15) is 0 Å². The SMILES string of the molecule is CCC(SC1CCOC1C)C(NC)c1ccccc1. The zero-order valence-electron chi connectivity index (χ0n) is 12.1. The number of thioether (sulfide) groups is 1. The molecule has 1 aromatic rings. The molecule has 1 heterocycles. The van der Waals surface area contributed by atoms with E-state index in [9.17, 15) is 0 Å². The molecule has 1 aliphatic rings. The Morgan fingerprint density at radius 3 is 2.63 bits per heavy atom. The maximum Gasteiger partial charge on any atom is 0.0666 e. The Balaban J connectivity index is 2.06. The maximum atomic E-state index is 5.69. The highest BCUT2D eigenvalue weighted by molar-refractivity contribution is 8.00. The van der Waals surface area contributed by atoms with Gasteiger partial charge in [-0.05, 0) is 32.4 Å². The summed E-state index contributed by atoms with van der Waals surface area (Å²) in [6.07, 6.45) is 2.76. The summed E-state index contributed by atoms with van der Waals surface area (Å²) < 4.78 is 5.69. The van der Waals surface area contributed by atoms with Gasteiger partial charge in [0, 0.05) is 23.1 Å². The van der Waals surface area contributed by atoms with Crippen LogP contribution in [0.15, 0.2) is 30.3 Å². The third-order valence-electron chi connectivity index (χ3n) is 3.90. The predicted molar refractivity (Wildman–Crippen MR) is 83.7 cm³/mol. The van der Waals surface area contributed by atoms with Crippen molar-refractivity contribution in [2.24, 2.45) is 0 Å². The molecule has 0 spiro atoms. The van der Waals surface area contributed by atoms with Crippen LogP contribution < -0.4 is 5.32 Å². The number of ether oxygens (including phenoxy) is 1. The molecule has 1 N–H and O–H groups in total. The fourth-order valence-corrected chi connectivity index (χ4v) is 4.38. The summed E-state index contributed by atoms with van der Waals surface area (Å²) in [5.41, 5.74) is 1.39. The molecule has 4 unspecified atom stereocenters. The second kappa shape index (κ2) is 7.32. The Morgan fingerprint density at radius 1 is 1.37 bits per heavy atom. The van der Waals surface area contributed by atoms with Crippen LogP contribution in [0.3, 0.4) is 0 Å². The van der Waals surface area contributed by atoms with E-state index in [2.05, 4.69) is 68.3 Å². The highest BCUT2D eigenvalue weighted by Crippen LogP contribution is 2.36. The molecule has 0 bridgehead atoms. The monoisotopic (exact) mass is 279 g/mol. The van der Waals surface area contributed by atoms with Crippen LogP contribution in [0.1, 0.15) is 38.3 Å². The van der Waals surface area contributed by atoms with Gasteiger partial charge < -0.3 is 10.1 Å². The number of nitrogens with one attached hydrogen (secondary N) is 1. The van der Waals surface area contributed by atoms with E-state index in [1.54, 1.807) is 0 Å². The fourth-order valence-electron chi connectivity index (χ4n) is 2.75. The zero-order chi connectivity index (χ0) is 13.7. The van der Waals surface area contributed by atoms with Crippen molar-refractivity contribution >= 4 is 11.8 Å². The van der Waals surface area contributed by atoms with E-state index in [1.165, 1.54) is 18.4 Å². The first-order valence-corrected chi connectivity index (χ1v) is 8.19. The first-order valence-electron chi connectivity index (χ1n) is 7.25. The van der Waals surface area contributed by atoms with Gasteiger partial charge in [0.05, 0.1) is 6.10 Å². The van der Waals surface area contributed by atoms with E-state index < -0.39 is 0 Å². The van der Waals surface area contributed by atoms with E-state index in [-0.39, 0.29) is 0 Å². The highest BCUT2D eigenvalue weighted by Gasteiger charge is 2.30. The maximum absolute atomic E-state index is 5.69. The van der Waals surface area contributed by atoms with Crippen molar-refractivity contribution in [3.63, 3.8) is 0 Å². The third-order valence-corrected chi connectivity index (χ3v) is 5.82. The van der Waals surface area contributed by atoms with Crippen LogP contribution in [0, 0.1) is 0 Å². The Hall–Kier alpha value is -0.510. The summed E-state index contributed by atoms with van der Waals surface area (Å²) in [4.78, 5) is 0. The summed E-state index contributed by atoms with van der Waals surface area (Å²) in [5, 5.41) is 4.74.